The van der Waals surface area contributed by atoms with Gasteiger partial charge in [0.05, 0.1) is 4.90 Å². The molecule has 0 aliphatic rings. The fourth-order valence-corrected chi connectivity index (χ4v) is 4.25. The number of phenols is 1. The lowest BCUT2D eigenvalue weighted by molar-refractivity contribution is 0.350. The van der Waals surface area contributed by atoms with Crippen LogP contribution < -0.4 is 0 Å². The smallest absolute Gasteiger partial charge is 0.243 e. The van der Waals surface area contributed by atoms with Gasteiger partial charge in [0.1, 0.15) is 5.75 Å². The highest BCUT2D eigenvalue weighted by atomic mass is 32.2. The minimum absolute atomic E-state index is 0.0540. The van der Waals surface area contributed by atoms with E-state index in [0.717, 1.165) is 4.88 Å². The number of hydrogen-bond donors (Lipinski definition) is 1. The number of aromatic hydroxyl groups is 1. The van der Waals surface area contributed by atoms with Crippen molar-refractivity contribution in [3.8, 4) is 5.75 Å². The van der Waals surface area contributed by atoms with Gasteiger partial charge in [-0.25, -0.2) is 8.42 Å². The van der Waals surface area contributed by atoms with Gasteiger partial charge in [-0.3, -0.25) is 0 Å². The topological polar surface area (TPSA) is 57.6 Å². The molecule has 0 radical (unpaired) electrons. The Bertz CT molecular complexity index is 646. The van der Waals surface area contributed by atoms with Gasteiger partial charge in [0.2, 0.25) is 10.0 Å². The third-order valence-corrected chi connectivity index (χ3v) is 5.81. The molecule has 1 aromatic carbocycles. The number of nitrogens with zero attached hydrogens (tertiary/aromatic N) is 1. The number of thiophene rings is 1. The van der Waals surface area contributed by atoms with Crippen LogP contribution in [0.1, 0.15) is 18.7 Å². The van der Waals surface area contributed by atoms with E-state index in [9.17, 15) is 13.5 Å². The van der Waals surface area contributed by atoms with Crippen molar-refractivity contribution in [2.75, 3.05) is 0 Å². The fourth-order valence-electron chi connectivity index (χ4n) is 1.85. The van der Waals surface area contributed by atoms with E-state index in [1.165, 1.54) is 39.9 Å². The first kappa shape index (κ1) is 15.0. The monoisotopic (exact) mass is 311 g/mol. The van der Waals surface area contributed by atoms with Gasteiger partial charge in [0.15, 0.2) is 0 Å². The van der Waals surface area contributed by atoms with Crippen LogP contribution in [-0.2, 0) is 16.6 Å². The largest absolute Gasteiger partial charge is 0.508 e. The van der Waals surface area contributed by atoms with Crippen LogP contribution in [0.5, 0.6) is 5.75 Å². The zero-order valence-electron chi connectivity index (χ0n) is 11.4. The fraction of sp³-hybridized carbons (Fsp3) is 0.286. The van der Waals surface area contributed by atoms with Gasteiger partial charge in [-0.05, 0) is 49.6 Å². The Hall–Kier alpha value is -1.37. The normalized spacial score (nSPS) is 12.2. The highest BCUT2D eigenvalue weighted by Gasteiger charge is 2.27. The third kappa shape index (κ3) is 3.20. The minimum Gasteiger partial charge on any atom is -0.508 e. The molecule has 6 heteroatoms. The third-order valence-electron chi connectivity index (χ3n) is 2.91. The van der Waals surface area contributed by atoms with Gasteiger partial charge in [0, 0.05) is 17.5 Å². The van der Waals surface area contributed by atoms with Crippen molar-refractivity contribution in [1.82, 2.24) is 4.31 Å². The van der Waals surface area contributed by atoms with E-state index in [-0.39, 0.29) is 16.7 Å². The predicted octanol–water partition coefficient (Wildman–Crippen LogP) is 3.05. The van der Waals surface area contributed by atoms with Crippen molar-refractivity contribution in [2.45, 2.75) is 31.3 Å². The Kier molecular flexibility index (Phi) is 4.47. The Labute approximate surface area is 123 Å². The van der Waals surface area contributed by atoms with Gasteiger partial charge < -0.3 is 5.11 Å². The molecule has 2 rings (SSSR count). The molecule has 0 bridgehead atoms. The first-order valence-corrected chi connectivity index (χ1v) is 8.56. The van der Waals surface area contributed by atoms with E-state index < -0.39 is 10.0 Å². The van der Waals surface area contributed by atoms with Gasteiger partial charge >= 0.3 is 0 Å². The minimum atomic E-state index is -3.56. The van der Waals surface area contributed by atoms with Crippen LogP contribution in [0.3, 0.4) is 0 Å². The summed E-state index contributed by atoms with van der Waals surface area (Å²) in [6.45, 7) is 4.07. The van der Waals surface area contributed by atoms with E-state index in [4.69, 9.17) is 0 Å². The van der Waals surface area contributed by atoms with Crippen molar-refractivity contribution >= 4 is 21.4 Å². The summed E-state index contributed by atoms with van der Waals surface area (Å²) in [6.07, 6.45) is 0. The van der Waals surface area contributed by atoms with Crippen LogP contribution in [0.15, 0.2) is 46.7 Å². The van der Waals surface area contributed by atoms with E-state index in [2.05, 4.69) is 0 Å². The van der Waals surface area contributed by atoms with Crippen molar-refractivity contribution in [3.63, 3.8) is 0 Å². The van der Waals surface area contributed by atoms with Crippen molar-refractivity contribution in [2.24, 2.45) is 0 Å². The number of hydrogen-bond acceptors (Lipinski definition) is 4. The van der Waals surface area contributed by atoms with E-state index in [1.807, 2.05) is 31.4 Å². The predicted molar refractivity (Wildman–Crippen MR) is 80.3 cm³/mol. The van der Waals surface area contributed by atoms with Crippen LogP contribution in [-0.4, -0.2) is 23.9 Å². The quantitative estimate of drug-likeness (QED) is 0.923. The molecule has 0 aliphatic carbocycles. The van der Waals surface area contributed by atoms with Crippen LogP contribution in [0, 0.1) is 0 Å². The summed E-state index contributed by atoms with van der Waals surface area (Å²) < 4.78 is 26.8. The highest BCUT2D eigenvalue weighted by Crippen LogP contribution is 2.24. The first-order chi connectivity index (χ1) is 9.41. The summed E-state index contributed by atoms with van der Waals surface area (Å²) in [5.41, 5.74) is 0. The highest BCUT2D eigenvalue weighted by molar-refractivity contribution is 7.89. The maximum absolute atomic E-state index is 12.7. The second-order valence-electron chi connectivity index (χ2n) is 4.72. The average molecular weight is 311 g/mol. The molecule has 1 heterocycles. The molecule has 108 valence electrons. The zero-order valence-corrected chi connectivity index (χ0v) is 13.0. The molecule has 0 unspecified atom stereocenters. The molecule has 0 aliphatic heterocycles. The van der Waals surface area contributed by atoms with Crippen LogP contribution in [0.2, 0.25) is 0 Å². The molecule has 0 amide bonds. The zero-order chi connectivity index (χ0) is 14.8. The SMILES string of the molecule is CC(C)N(Cc1cccs1)S(=O)(=O)c1ccc(O)cc1. The summed E-state index contributed by atoms with van der Waals surface area (Å²) in [6, 6.07) is 9.31. The summed E-state index contributed by atoms with van der Waals surface area (Å²) in [7, 11) is -3.56. The lowest BCUT2D eigenvalue weighted by Crippen LogP contribution is -2.36. The van der Waals surface area contributed by atoms with Gasteiger partial charge in [-0.1, -0.05) is 6.07 Å². The lowest BCUT2D eigenvalue weighted by Gasteiger charge is -2.25. The molecular weight excluding hydrogens is 294 g/mol. The molecule has 0 fully saturated rings. The summed E-state index contributed by atoms with van der Waals surface area (Å²) in [5.74, 6) is 0.0540. The summed E-state index contributed by atoms with van der Waals surface area (Å²) >= 11 is 1.54. The first-order valence-electron chi connectivity index (χ1n) is 6.24. The van der Waals surface area contributed by atoms with Crippen molar-refractivity contribution in [3.05, 3.63) is 46.7 Å². The average Bonchev–Trinajstić information content (AvgIpc) is 2.89. The number of rotatable bonds is 5. The van der Waals surface area contributed by atoms with Gasteiger partial charge in [-0.2, -0.15) is 4.31 Å². The molecule has 20 heavy (non-hydrogen) atoms. The lowest BCUT2D eigenvalue weighted by atomic mass is 10.3. The van der Waals surface area contributed by atoms with Crippen molar-refractivity contribution < 1.29 is 13.5 Å². The standard InChI is InChI=1S/C14H17NO3S2/c1-11(2)15(10-13-4-3-9-19-13)20(17,18)14-7-5-12(16)6-8-14/h3-9,11,16H,10H2,1-2H3. The second kappa shape index (κ2) is 5.95. The summed E-state index contributed by atoms with van der Waals surface area (Å²) in [5, 5.41) is 11.2. The van der Waals surface area contributed by atoms with E-state index in [1.54, 1.807) is 0 Å². The molecule has 1 N–H and O–H groups in total. The molecule has 0 atom stereocenters. The Balaban J connectivity index is 2.34. The number of phenolic OH excluding ortho intramolecular Hbond substituents is 1. The second-order valence-corrected chi connectivity index (χ2v) is 7.64. The molecule has 1 aromatic heterocycles. The van der Waals surface area contributed by atoms with E-state index in [0.29, 0.717) is 6.54 Å². The van der Waals surface area contributed by atoms with Gasteiger partial charge in [0.25, 0.3) is 0 Å². The number of benzene rings is 1. The van der Waals surface area contributed by atoms with Crippen LogP contribution >= 0.6 is 11.3 Å². The van der Waals surface area contributed by atoms with Crippen LogP contribution in [0.4, 0.5) is 0 Å². The molecular formula is C14H17NO3S2. The molecule has 0 saturated heterocycles. The Morgan fingerprint density at radius 1 is 1.20 bits per heavy atom. The van der Waals surface area contributed by atoms with Crippen molar-refractivity contribution in [1.29, 1.82) is 0 Å². The molecule has 2 aromatic rings. The maximum Gasteiger partial charge on any atom is 0.243 e. The molecule has 0 spiro atoms. The maximum atomic E-state index is 12.7. The molecule has 4 nitrogen and oxygen atoms in total. The van der Waals surface area contributed by atoms with E-state index >= 15 is 0 Å². The number of sulfonamides is 1. The Morgan fingerprint density at radius 2 is 1.85 bits per heavy atom. The summed E-state index contributed by atoms with van der Waals surface area (Å²) in [4.78, 5) is 1.20. The Morgan fingerprint density at radius 3 is 2.35 bits per heavy atom. The van der Waals surface area contributed by atoms with Crippen LogP contribution in [0.25, 0.3) is 0 Å². The molecule has 0 saturated carbocycles. The van der Waals surface area contributed by atoms with Gasteiger partial charge in [-0.15, -0.1) is 11.3 Å².